The molecule has 0 bridgehead atoms. The van der Waals surface area contributed by atoms with Crippen molar-refractivity contribution in [1.29, 1.82) is 0 Å². The van der Waals surface area contributed by atoms with Crippen LogP contribution in [0.25, 0.3) is 0 Å². The highest BCUT2D eigenvalue weighted by Crippen LogP contribution is 2.09. The number of hydrogen-bond acceptors (Lipinski definition) is 3. The SMILES string of the molecule is CCCC(C)CNc1cnn(CCN(CC)CC)c1. The van der Waals surface area contributed by atoms with Crippen LogP contribution in [-0.4, -0.2) is 40.9 Å². The zero-order chi connectivity index (χ0) is 14.1. The molecule has 1 atom stereocenters. The predicted molar refractivity (Wildman–Crippen MR) is 82.6 cm³/mol. The first-order valence-electron chi connectivity index (χ1n) is 7.68. The molecule has 0 amide bonds. The number of aromatic nitrogens is 2. The Morgan fingerprint density at radius 3 is 2.68 bits per heavy atom. The molecule has 110 valence electrons. The summed E-state index contributed by atoms with van der Waals surface area (Å²) < 4.78 is 2.03. The van der Waals surface area contributed by atoms with E-state index in [9.17, 15) is 0 Å². The monoisotopic (exact) mass is 266 g/mol. The van der Waals surface area contributed by atoms with Gasteiger partial charge in [0.25, 0.3) is 0 Å². The highest BCUT2D eigenvalue weighted by molar-refractivity contribution is 5.37. The number of nitrogens with zero attached hydrogens (tertiary/aromatic N) is 3. The molecular weight excluding hydrogens is 236 g/mol. The summed E-state index contributed by atoms with van der Waals surface area (Å²) in [6.45, 7) is 14.2. The smallest absolute Gasteiger partial charge is 0.0726 e. The van der Waals surface area contributed by atoms with Crippen molar-refractivity contribution in [3.8, 4) is 0 Å². The van der Waals surface area contributed by atoms with Gasteiger partial charge in [0, 0.05) is 19.3 Å². The van der Waals surface area contributed by atoms with E-state index in [4.69, 9.17) is 0 Å². The van der Waals surface area contributed by atoms with Gasteiger partial charge >= 0.3 is 0 Å². The molecule has 0 saturated carbocycles. The van der Waals surface area contributed by atoms with Crippen LogP contribution in [0.4, 0.5) is 5.69 Å². The summed E-state index contributed by atoms with van der Waals surface area (Å²) in [6, 6.07) is 0. The number of anilines is 1. The third-order valence-corrected chi connectivity index (χ3v) is 3.61. The van der Waals surface area contributed by atoms with Crippen LogP contribution in [0.3, 0.4) is 0 Å². The van der Waals surface area contributed by atoms with Crippen molar-refractivity contribution in [2.45, 2.75) is 47.1 Å². The third-order valence-electron chi connectivity index (χ3n) is 3.61. The Bertz CT molecular complexity index is 331. The molecule has 19 heavy (non-hydrogen) atoms. The Labute approximate surface area is 118 Å². The van der Waals surface area contributed by atoms with Gasteiger partial charge in [-0.05, 0) is 25.4 Å². The van der Waals surface area contributed by atoms with E-state index in [1.54, 1.807) is 0 Å². The third kappa shape index (κ3) is 6.10. The topological polar surface area (TPSA) is 33.1 Å². The molecule has 0 aliphatic rings. The molecule has 1 aromatic rings. The van der Waals surface area contributed by atoms with Crippen LogP contribution in [0.2, 0.25) is 0 Å². The molecule has 1 aromatic heterocycles. The zero-order valence-electron chi connectivity index (χ0n) is 13.0. The van der Waals surface area contributed by atoms with Gasteiger partial charge in [0.1, 0.15) is 0 Å². The van der Waals surface area contributed by atoms with Crippen LogP contribution in [0.15, 0.2) is 12.4 Å². The van der Waals surface area contributed by atoms with E-state index < -0.39 is 0 Å². The Kier molecular flexibility index (Phi) is 7.56. The molecule has 1 heterocycles. The van der Waals surface area contributed by atoms with Gasteiger partial charge < -0.3 is 10.2 Å². The van der Waals surface area contributed by atoms with Crippen molar-refractivity contribution < 1.29 is 0 Å². The van der Waals surface area contributed by atoms with Gasteiger partial charge in [-0.25, -0.2) is 0 Å². The Balaban J connectivity index is 2.31. The lowest BCUT2D eigenvalue weighted by atomic mass is 10.1. The molecule has 0 aliphatic carbocycles. The summed E-state index contributed by atoms with van der Waals surface area (Å²) in [4.78, 5) is 2.41. The first-order chi connectivity index (χ1) is 9.19. The summed E-state index contributed by atoms with van der Waals surface area (Å²) in [7, 11) is 0. The Morgan fingerprint density at radius 1 is 1.32 bits per heavy atom. The van der Waals surface area contributed by atoms with Crippen LogP contribution in [0.1, 0.15) is 40.5 Å². The van der Waals surface area contributed by atoms with Gasteiger partial charge in [-0.15, -0.1) is 0 Å². The van der Waals surface area contributed by atoms with E-state index in [1.807, 2.05) is 10.9 Å². The molecule has 0 fully saturated rings. The quantitative estimate of drug-likeness (QED) is 0.706. The average molecular weight is 266 g/mol. The van der Waals surface area contributed by atoms with Crippen molar-refractivity contribution in [3.05, 3.63) is 12.4 Å². The first-order valence-corrected chi connectivity index (χ1v) is 7.68. The Hall–Kier alpha value is -1.03. The second kappa shape index (κ2) is 8.97. The summed E-state index contributed by atoms with van der Waals surface area (Å²) in [5.74, 6) is 0.726. The minimum Gasteiger partial charge on any atom is -0.382 e. The zero-order valence-corrected chi connectivity index (χ0v) is 13.0. The van der Waals surface area contributed by atoms with Crippen LogP contribution in [-0.2, 0) is 6.54 Å². The van der Waals surface area contributed by atoms with E-state index in [1.165, 1.54) is 12.8 Å². The van der Waals surface area contributed by atoms with Gasteiger partial charge in [-0.3, -0.25) is 4.68 Å². The van der Waals surface area contributed by atoms with Crippen LogP contribution < -0.4 is 5.32 Å². The molecule has 1 N–H and O–H groups in total. The second-order valence-electron chi connectivity index (χ2n) is 5.29. The highest BCUT2D eigenvalue weighted by atomic mass is 15.3. The fourth-order valence-corrected chi connectivity index (χ4v) is 2.25. The number of hydrogen-bond donors (Lipinski definition) is 1. The van der Waals surface area contributed by atoms with Gasteiger partial charge in [-0.1, -0.05) is 34.1 Å². The molecule has 0 saturated heterocycles. The molecular formula is C15H30N4. The van der Waals surface area contributed by atoms with Crippen molar-refractivity contribution in [2.75, 3.05) is 31.5 Å². The van der Waals surface area contributed by atoms with Crippen molar-refractivity contribution >= 4 is 5.69 Å². The number of nitrogens with one attached hydrogen (secondary N) is 1. The molecule has 4 nitrogen and oxygen atoms in total. The van der Waals surface area contributed by atoms with Crippen molar-refractivity contribution in [3.63, 3.8) is 0 Å². The molecule has 1 rings (SSSR count). The summed E-state index contributed by atoms with van der Waals surface area (Å²) in [6.07, 6.45) is 6.58. The lowest BCUT2D eigenvalue weighted by Gasteiger charge is -2.17. The van der Waals surface area contributed by atoms with E-state index in [0.717, 1.165) is 44.3 Å². The predicted octanol–water partition coefficient (Wildman–Crippen LogP) is 3.07. The maximum atomic E-state index is 4.41. The number of likely N-dealkylation sites (N-methyl/N-ethyl adjacent to an activating group) is 1. The largest absolute Gasteiger partial charge is 0.382 e. The fraction of sp³-hybridized carbons (Fsp3) is 0.800. The van der Waals surface area contributed by atoms with Gasteiger partial charge in [0.05, 0.1) is 18.4 Å². The van der Waals surface area contributed by atoms with Crippen molar-refractivity contribution in [1.82, 2.24) is 14.7 Å². The lowest BCUT2D eigenvalue weighted by molar-refractivity contribution is 0.285. The normalized spacial score (nSPS) is 12.9. The molecule has 0 aromatic carbocycles. The lowest BCUT2D eigenvalue weighted by Crippen LogP contribution is -2.27. The van der Waals surface area contributed by atoms with E-state index in [2.05, 4.69) is 49.2 Å². The summed E-state index contributed by atoms with van der Waals surface area (Å²) in [5, 5.41) is 7.88. The molecule has 1 unspecified atom stereocenters. The van der Waals surface area contributed by atoms with Crippen molar-refractivity contribution in [2.24, 2.45) is 5.92 Å². The van der Waals surface area contributed by atoms with E-state index in [0.29, 0.717) is 0 Å². The molecule has 0 spiro atoms. The second-order valence-corrected chi connectivity index (χ2v) is 5.29. The summed E-state index contributed by atoms with van der Waals surface area (Å²) >= 11 is 0. The van der Waals surface area contributed by atoms with Gasteiger partial charge in [-0.2, -0.15) is 5.10 Å². The molecule has 0 radical (unpaired) electrons. The highest BCUT2D eigenvalue weighted by Gasteiger charge is 2.03. The van der Waals surface area contributed by atoms with E-state index in [-0.39, 0.29) is 0 Å². The average Bonchev–Trinajstić information content (AvgIpc) is 2.86. The summed E-state index contributed by atoms with van der Waals surface area (Å²) in [5.41, 5.74) is 1.14. The molecule has 0 aliphatic heterocycles. The number of rotatable bonds is 10. The fourth-order valence-electron chi connectivity index (χ4n) is 2.25. The Morgan fingerprint density at radius 2 is 2.05 bits per heavy atom. The van der Waals surface area contributed by atoms with E-state index >= 15 is 0 Å². The van der Waals surface area contributed by atoms with Gasteiger partial charge in [0.15, 0.2) is 0 Å². The molecule has 4 heteroatoms. The maximum absolute atomic E-state index is 4.41. The van der Waals surface area contributed by atoms with Crippen LogP contribution in [0.5, 0.6) is 0 Å². The maximum Gasteiger partial charge on any atom is 0.0726 e. The minimum absolute atomic E-state index is 0.726. The first kappa shape index (κ1) is 16.0. The van der Waals surface area contributed by atoms with Crippen LogP contribution in [0, 0.1) is 5.92 Å². The minimum atomic E-state index is 0.726. The van der Waals surface area contributed by atoms with Crippen LogP contribution >= 0.6 is 0 Å². The standard InChI is InChI=1S/C15H30N4/c1-5-8-14(4)11-16-15-12-17-19(13-15)10-9-18(6-2)7-3/h12-14,16H,5-11H2,1-4H3. The van der Waals surface area contributed by atoms with Gasteiger partial charge in [0.2, 0.25) is 0 Å².